The summed E-state index contributed by atoms with van der Waals surface area (Å²) in [6.07, 6.45) is 3.61. The third-order valence-corrected chi connectivity index (χ3v) is 1.80. The molecule has 0 saturated carbocycles. The van der Waals surface area contributed by atoms with Gasteiger partial charge in [0, 0.05) is 11.6 Å². The minimum atomic E-state index is -0.175. The molecule has 2 aromatic rings. The van der Waals surface area contributed by atoms with Crippen molar-refractivity contribution in [3.05, 3.63) is 24.5 Å². The topological polar surface area (TPSA) is 37.9 Å². The molecule has 3 nitrogen and oxygen atoms in total. The van der Waals surface area contributed by atoms with Crippen LogP contribution in [0.25, 0.3) is 11.0 Å². The van der Waals surface area contributed by atoms with Gasteiger partial charge in [0.25, 0.3) is 0 Å². The van der Waals surface area contributed by atoms with E-state index >= 15 is 0 Å². The van der Waals surface area contributed by atoms with Crippen LogP contribution in [-0.2, 0) is 0 Å². The van der Waals surface area contributed by atoms with Gasteiger partial charge in [-0.1, -0.05) is 0 Å². The van der Waals surface area contributed by atoms with Crippen LogP contribution in [0, 0.1) is 0 Å². The molecule has 0 aliphatic heterocycles. The van der Waals surface area contributed by atoms with Crippen molar-refractivity contribution in [2.75, 3.05) is 0 Å². The van der Waals surface area contributed by atoms with E-state index in [2.05, 4.69) is 9.97 Å². The number of pyridine rings is 1. The fraction of sp³-hybridized carbons (Fsp3) is 0.364. The summed E-state index contributed by atoms with van der Waals surface area (Å²) in [7, 11) is 0. The average Bonchev–Trinajstić information content (AvgIpc) is 2.47. The predicted molar refractivity (Wildman–Crippen MR) is 56.5 cm³/mol. The van der Waals surface area contributed by atoms with Crippen LogP contribution in [0.3, 0.4) is 0 Å². The van der Waals surface area contributed by atoms with Crippen molar-refractivity contribution in [3.63, 3.8) is 0 Å². The molecule has 0 atom stereocenters. The maximum Gasteiger partial charge on any atom is 0.139 e. The van der Waals surface area contributed by atoms with Crippen molar-refractivity contribution in [1.82, 2.24) is 9.97 Å². The molecule has 3 heteroatoms. The third-order valence-electron chi connectivity index (χ3n) is 1.80. The first-order chi connectivity index (χ1) is 6.54. The van der Waals surface area contributed by atoms with Crippen LogP contribution < -0.4 is 4.74 Å². The number of hydrogen-bond acceptors (Lipinski definition) is 2. The number of hydrogen-bond donors (Lipinski definition) is 1. The highest BCUT2D eigenvalue weighted by Gasteiger charge is 2.12. The lowest BCUT2D eigenvalue weighted by Gasteiger charge is -2.20. The molecule has 14 heavy (non-hydrogen) atoms. The summed E-state index contributed by atoms with van der Waals surface area (Å²) in [5, 5.41) is 1.08. The molecule has 0 bridgehead atoms. The van der Waals surface area contributed by atoms with E-state index < -0.39 is 0 Å². The Balaban J connectivity index is 2.35. The molecule has 2 rings (SSSR count). The van der Waals surface area contributed by atoms with E-state index in [-0.39, 0.29) is 5.60 Å². The van der Waals surface area contributed by atoms with Gasteiger partial charge in [-0.15, -0.1) is 0 Å². The SMILES string of the molecule is CC(C)(C)Oc1cnc2[nH]ccc2c1. The lowest BCUT2D eigenvalue weighted by Crippen LogP contribution is -2.22. The summed E-state index contributed by atoms with van der Waals surface area (Å²) in [6, 6.07) is 3.97. The molecule has 0 aliphatic carbocycles. The molecule has 0 fully saturated rings. The molecule has 0 saturated heterocycles. The number of fused-ring (bicyclic) bond motifs is 1. The third kappa shape index (κ3) is 1.87. The number of aromatic nitrogens is 2. The van der Waals surface area contributed by atoms with Gasteiger partial charge in [0.2, 0.25) is 0 Å². The van der Waals surface area contributed by atoms with Gasteiger partial charge in [0.05, 0.1) is 6.20 Å². The van der Waals surface area contributed by atoms with Gasteiger partial charge in [-0.25, -0.2) is 4.98 Å². The molecule has 74 valence electrons. The molecule has 0 spiro atoms. The molecule has 0 radical (unpaired) electrons. The average molecular weight is 190 g/mol. The monoisotopic (exact) mass is 190 g/mol. The summed E-state index contributed by atoms with van der Waals surface area (Å²) in [5.41, 5.74) is 0.720. The molecule has 0 aliphatic rings. The Bertz CT molecular complexity index is 440. The largest absolute Gasteiger partial charge is 0.487 e. The van der Waals surface area contributed by atoms with E-state index in [0.29, 0.717) is 0 Å². The van der Waals surface area contributed by atoms with Crippen molar-refractivity contribution in [2.24, 2.45) is 0 Å². The zero-order valence-corrected chi connectivity index (χ0v) is 8.66. The van der Waals surface area contributed by atoms with Gasteiger partial charge in [-0.3, -0.25) is 0 Å². The van der Waals surface area contributed by atoms with Gasteiger partial charge < -0.3 is 9.72 Å². The van der Waals surface area contributed by atoms with Crippen molar-refractivity contribution < 1.29 is 4.74 Å². The summed E-state index contributed by atoms with van der Waals surface area (Å²) in [5.74, 6) is 0.810. The number of nitrogens with zero attached hydrogens (tertiary/aromatic N) is 1. The van der Waals surface area contributed by atoms with Crippen LogP contribution in [0.4, 0.5) is 0 Å². The highest BCUT2D eigenvalue weighted by Crippen LogP contribution is 2.20. The van der Waals surface area contributed by atoms with Gasteiger partial charge >= 0.3 is 0 Å². The first kappa shape index (κ1) is 9.06. The fourth-order valence-electron chi connectivity index (χ4n) is 1.33. The van der Waals surface area contributed by atoms with Crippen molar-refractivity contribution in [3.8, 4) is 5.75 Å². The standard InChI is InChI=1S/C11H14N2O/c1-11(2,3)14-9-6-8-4-5-12-10(8)13-7-9/h4-7H,1-3H3,(H,12,13). The lowest BCUT2D eigenvalue weighted by molar-refractivity contribution is 0.130. The molecule has 0 amide bonds. The Morgan fingerprint density at radius 3 is 2.86 bits per heavy atom. The Morgan fingerprint density at radius 2 is 2.14 bits per heavy atom. The number of nitrogens with one attached hydrogen (secondary N) is 1. The predicted octanol–water partition coefficient (Wildman–Crippen LogP) is 2.74. The number of ether oxygens (including phenoxy) is 1. The van der Waals surface area contributed by atoms with E-state index in [1.54, 1.807) is 6.20 Å². The fourth-order valence-corrected chi connectivity index (χ4v) is 1.33. The second kappa shape index (κ2) is 3.01. The molecular weight excluding hydrogens is 176 g/mol. The molecule has 1 N–H and O–H groups in total. The van der Waals surface area contributed by atoms with Crippen molar-refractivity contribution >= 4 is 11.0 Å². The lowest BCUT2D eigenvalue weighted by atomic mass is 10.2. The van der Waals surface area contributed by atoms with Gasteiger partial charge in [-0.05, 0) is 32.9 Å². The maximum absolute atomic E-state index is 5.70. The Morgan fingerprint density at radius 1 is 1.36 bits per heavy atom. The molecule has 2 aromatic heterocycles. The summed E-state index contributed by atoms with van der Waals surface area (Å²) >= 11 is 0. The second-order valence-corrected chi connectivity index (χ2v) is 4.30. The number of H-pyrrole nitrogens is 1. The van der Waals surface area contributed by atoms with E-state index in [4.69, 9.17) is 4.74 Å². The second-order valence-electron chi connectivity index (χ2n) is 4.30. The minimum absolute atomic E-state index is 0.175. The number of rotatable bonds is 1. The molecular formula is C11H14N2O. The van der Waals surface area contributed by atoms with E-state index in [9.17, 15) is 0 Å². The van der Waals surface area contributed by atoms with Crippen LogP contribution in [-0.4, -0.2) is 15.6 Å². The molecule has 2 heterocycles. The Hall–Kier alpha value is -1.51. The highest BCUT2D eigenvalue weighted by molar-refractivity contribution is 5.76. The van der Waals surface area contributed by atoms with E-state index in [1.807, 2.05) is 39.1 Å². The van der Waals surface area contributed by atoms with Crippen molar-refractivity contribution in [2.45, 2.75) is 26.4 Å². The van der Waals surface area contributed by atoms with Crippen LogP contribution in [0.15, 0.2) is 24.5 Å². The van der Waals surface area contributed by atoms with Crippen LogP contribution in [0.5, 0.6) is 5.75 Å². The highest BCUT2D eigenvalue weighted by atomic mass is 16.5. The van der Waals surface area contributed by atoms with E-state index in [1.165, 1.54) is 0 Å². The zero-order valence-electron chi connectivity index (χ0n) is 8.66. The minimum Gasteiger partial charge on any atom is -0.487 e. The number of aromatic amines is 1. The summed E-state index contributed by atoms with van der Waals surface area (Å²) in [6.45, 7) is 6.07. The maximum atomic E-state index is 5.70. The van der Waals surface area contributed by atoms with Crippen LogP contribution >= 0.6 is 0 Å². The normalized spacial score (nSPS) is 11.9. The summed E-state index contributed by atoms with van der Waals surface area (Å²) < 4.78 is 5.70. The van der Waals surface area contributed by atoms with Gasteiger partial charge in [0.15, 0.2) is 0 Å². The van der Waals surface area contributed by atoms with Crippen LogP contribution in [0.2, 0.25) is 0 Å². The Labute approximate surface area is 83.1 Å². The quantitative estimate of drug-likeness (QED) is 0.750. The van der Waals surface area contributed by atoms with Gasteiger partial charge in [0.1, 0.15) is 17.0 Å². The van der Waals surface area contributed by atoms with E-state index in [0.717, 1.165) is 16.8 Å². The molecule has 0 unspecified atom stereocenters. The first-order valence-electron chi connectivity index (χ1n) is 4.67. The van der Waals surface area contributed by atoms with Crippen molar-refractivity contribution in [1.29, 1.82) is 0 Å². The zero-order chi connectivity index (χ0) is 10.2. The first-order valence-corrected chi connectivity index (χ1v) is 4.67. The molecule has 0 aromatic carbocycles. The smallest absolute Gasteiger partial charge is 0.139 e. The summed E-state index contributed by atoms with van der Waals surface area (Å²) in [4.78, 5) is 7.29. The van der Waals surface area contributed by atoms with Crippen LogP contribution in [0.1, 0.15) is 20.8 Å². The Kier molecular flexibility index (Phi) is 1.95. The van der Waals surface area contributed by atoms with Gasteiger partial charge in [-0.2, -0.15) is 0 Å².